The van der Waals surface area contributed by atoms with E-state index in [-0.39, 0.29) is 0 Å². The minimum Gasteiger partial charge on any atom is -0.480 e. The Morgan fingerprint density at radius 3 is 2.85 bits per heavy atom. The first-order valence-electron chi connectivity index (χ1n) is 4.51. The number of rotatable bonds is 4. The average molecular weight is 185 g/mol. The summed E-state index contributed by atoms with van der Waals surface area (Å²) in [5, 5.41) is 17.2. The summed E-state index contributed by atoms with van der Waals surface area (Å²) in [5.41, 5.74) is 1.83. The van der Waals surface area contributed by atoms with E-state index < -0.39 is 12.0 Å². The lowest BCUT2D eigenvalue weighted by molar-refractivity contribution is -0.143. The fourth-order valence-corrected chi connectivity index (χ4v) is 1.61. The molecule has 0 heterocycles. The molecule has 0 aromatic carbocycles. The SMILES string of the molecule is O=C(O)[C@H](CC1CC=CCC1)NO. The fourth-order valence-electron chi connectivity index (χ4n) is 1.61. The molecule has 13 heavy (non-hydrogen) atoms. The smallest absolute Gasteiger partial charge is 0.323 e. The molecule has 1 aliphatic rings. The van der Waals surface area contributed by atoms with Gasteiger partial charge < -0.3 is 10.3 Å². The van der Waals surface area contributed by atoms with E-state index in [4.69, 9.17) is 10.3 Å². The van der Waals surface area contributed by atoms with Crippen LogP contribution < -0.4 is 5.48 Å². The summed E-state index contributed by atoms with van der Waals surface area (Å²) < 4.78 is 0. The summed E-state index contributed by atoms with van der Waals surface area (Å²) >= 11 is 0. The van der Waals surface area contributed by atoms with E-state index in [0.717, 1.165) is 19.3 Å². The van der Waals surface area contributed by atoms with E-state index in [1.54, 1.807) is 0 Å². The van der Waals surface area contributed by atoms with Crippen LogP contribution in [-0.2, 0) is 4.79 Å². The quantitative estimate of drug-likeness (QED) is 0.454. The maximum atomic E-state index is 10.6. The molecule has 1 rings (SSSR count). The van der Waals surface area contributed by atoms with Gasteiger partial charge in [0, 0.05) is 0 Å². The lowest BCUT2D eigenvalue weighted by Gasteiger charge is -2.20. The first kappa shape index (κ1) is 10.2. The van der Waals surface area contributed by atoms with Crippen molar-refractivity contribution in [2.75, 3.05) is 0 Å². The summed E-state index contributed by atoms with van der Waals surface area (Å²) in [6, 6.07) is -0.823. The normalized spacial score (nSPS) is 24.2. The number of carboxylic acids is 1. The number of hydrogen-bond acceptors (Lipinski definition) is 3. The second kappa shape index (κ2) is 4.99. The number of aliphatic carboxylic acids is 1. The highest BCUT2D eigenvalue weighted by atomic mass is 16.5. The minimum absolute atomic E-state index is 0.380. The molecule has 0 saturated carbocycles. The standard InChI is InChI=1S/C9H15NO3/c11-9(12)8(10-13)6-7-4-2-1-3-5-7/h1-2,7-8,10,13H,3-6H2,(H,11,12)/t7?,8-/m0/s1. The van der Waals surface area contributed by atoms with Crippen LogP contribution >= 0.6 is 0 Å². The molecule has 0 amide bonds. The summed E-state index contributed by atoms with van der Waals surface area (Å²) in [6.45, 7) is 0. The number of carbonyl (C=O) groups is 1. The van der Waals surface area contributed by atoms with E-state index in [9.17, 15) is 4.79 Å². The highest BCUT2D eigenvalue weighted by Crippen LogP contribution is 2.22. The third-order valence-corrected chi connectivity index (χ3v) is 2.40. The summed E-state index contributed by atoms with van der Waals surface area (Å²) in [5.74, 6) is -0.609. The Morgan fingerprint density at radius 1 is 1.62 bits per heavy atom. The van der Waals surface area contributed by atoms with Gasteiger partial charge in [-0.1, -0.05) is 12.2 Å². The van der Waals surface area contributed by atoms with Crippen LogP contribution in [0.3, 0.4) is 0 Å². The molecule has 2 atom stereocenters. The number of hydroxylamine groups is 1. The van der Waals surface area contributed by atoms with Crippen LogP contribution in [0, 0.1) is 5.92 Å². The molecule has 0 aliphatic heterocycles. The molecule has 0 bridgehead atoms. The molecule has 74 valence electrons. The first-order valence-corrected chi connectivity index (χ1v) is 4.51. The molecular formula is C9H15NO3. The molecule has 3 N–H and O–H groups in total. The van der Waals surface area contributed by atoms with Gasteiger partial charge in [-0.25, -0.2) is 0 Å². The van der Waals surface area contributed by atoms with Gasteiger partial charge in [0.25, 0.3) is 0 Å². The fraction of sp³-hybridized carbons (Fsp3) is 0.667. The Kier molecular flexibility index (Phi) is 3.92. The van der Waals surface area contributed by atoms with Crippen LogP contribution in [0.4, 0.5) is 0 Å². The van der Waals surface area contributed by atoms with Crippen LogP contribution in [0.5, 0.6) is 0 Å². The highest BCUT2D eigenvalue weighted by molar-refractivity contribution is 5.73. The number of nitrogens with one attached hydrogen (secondary N) is 1. The summed E-state index contributed by atoms with van der Waals surface area (Å²) in [6.07, 6.45) is 7.63. The van der Waals surface area contributed by atoms with Crippen molar-refractivity contribution in [1.29, 1.82) is 0 Å². The molecular weight excluding hydrogens is 170 g/mol. The predicted octanol–water partition coefficient (Wildman–Crippen LogP) is 1.16. The van der Waals surface area contributed by atoms with Crippen molar-refractivity contribution < 1.29 is 15.1 Å². The van der Waals surface area contributed by atoms with Gasteiger partial charge >= 0.3 is 5.97 Å². The third kappa shape index (κ3) is 3.16. The number of carboxylic acid groups (broad SMARTS) is 1. The number of allylic oxidation sites excluding steroid dienone is 2. The maximum Gasteiger partial charge on any atom is 0.323 e. The van der Waals surface area contributed by atoms with Gasteiger partial charge in [0.05, 0.1) is 0 Å². The van der Waals surface area contributed by atoms with Gasteiger partial charge in [0.2, 0.25) is 0 Å². The van der Waals surface area contributed by atoms with Crippen LogP contribution in [0.1, 0.15) is 25.7 Å². The van der Waals surface area contributed by atoms with Crippen molar-refractivity contribution in [1.82, 2.24) is 5.48 Å². The second-order valence-electron chi connectivity index (χ2n) is 3.41. The minimum atomic E-state index is -0.989. The van der Waals surface area contributed by atoms with Crippen molar-refractivity contribution in [3.63, 3.8) is 0 Å². The van der Waals surface area contributed by atoms with E-state index >= 15 is 0 Å². The maximum absolute atomic E-state index is 10.6. The van der Waals surface area contributed by atoms with Crippen molar-refractivity contribution >= 4 is 5.97 Å². The first-order chi connectivity index (χ1) is 6.24. The van der Waals surface area contributed by atoms with Gasteiger partial charge in [0.15, 0.2) is 0 Å². The van der Waals surface area contributed by atoms with Gasteiger partial charge in [-0.15, -0.1) is 0 Å². The Balaban J connectivity index is 2.36. The van der Waals surface area contributed by atoms with Crippen LogP contribution in [-0.4, -0.2) is 22.3 Å². The molecule has 4 nitrogen and oxygen atoms in total. The van der Waals surface area contributed by atoms with Gasteiger partial charge in [0.1, 0.15) is 6.04 Å². The van der Waals surface area contributed by atoms with E-state index in [1.807, 2.05) is 5.48 Å². The van der Waals surface area contributed by atoms with Crippen molar-refractivity contribution in [2.24, 2.45) is 5.92 Å². The Hall–Kier alpha value is -0.870. The predicted molar refractivity (Wildman–Crippen MR) is 47.4 cm³/mol. The highest BCUT2D eigenvalue weighted by Gasteiger charge is 2.21. The molecule has 0 aromatic rings. The zero-order valence-electron chi connectivity index (χ0n) is 7.44. The van der Waals surface area contributed by atoms with Crippen LogP contribution in [0.2, 0.25) is 0 Å². The lowest BCUT2D eigenvalue weighted by atomic mass is 9.89. The van der Waals surface area contributed by atoms with Gasteiger partial charge in [-0.2, -0.15) is 5.48 Å². The van der Waals surface area contributed by atoms with Crippen LogP contribution in [0.15, 0.2) is 12.2 Å². The molecule has 1 unspecified atom stereocenters. The molecule has 4 heteroatoms. The average Bonchev–Trinajstić information content (AvgIpc) is 2.15. The molecule has 0 aromatic heterocycles. The summed E-state index contributed by atoms with van der Waals surface area (Å²) in [4.78, 5) is 10.6. The molecule has 0 saturated heterocycles. The topological polar surface area (TPSA) is 69.6 Å². The van der Waals surface area contributed by atoms with E-state index in [1.165, 1.54) is 0 Å². The Morgan fingerprint density at radius 2 is 2.38 bits per heavy atom. The van der Waals surface area contributed by atoms with Crippen molar-refractivity contribution in [3.8, 4) is 0 Å². The lowest BCUT2D eigenvalue weighted by Crippen LogP contribution is -2.36. The Labute approximate surface area is 77.2 Å². The van der Waals surface area contributed by atoms with Gasteiger partial charge in [-0.3, -0.25) is 4.79 Å². The molecule has 0 spiro atoms. The molecule has 1 aliphatic carbocycles. The third-order valence-electron chi connectivity index (χ3n) is 2.40. The zero-order chi connectivity index (χ0) is 9.68. The van der Waals surface area contributed by atoms with Crippen molar-refractivity contribution in [2.45, 2.75) is 31.7 Å². The Bertz CT molecular complexity index is 203. The zero-order valence-corrected chi connectivity index (χ0v) is 7.44. The van der Waals surface area contributed by atoms with Gasteiger partial charge in [-0.05, 0) is 31.6 Å². The van der Waals surface area contributed by atoms with E-state index in [2.05, 4.69) is 12.2 Å². The largest absolute Gasteiger partial charge is 0.480 e. The molecule has 0 fully saturated rings. The second-order valence-corrected chi connectivity index (χ2v) is 3.41. The monoisotopic (exact) mass is 185 g/mol. The van der Waals surface area contributed by atoms with Crippen LogP contribution in [0.25, 0.3) is 0 Å². The number of hydrogen-bond donors (Lipinski definition) is 3. The van der Waals surface area contributed by atoms with Crippen molar-refractivity contribution in [3.05, 3.63) is 12.2 Å². The summed E-state index contributed by atoms with van der Waals surface area (Å²) in [7, 11) is 0. The van der Waals surface area contributed by atoms with E-state index in [0.29, 0.717) is 12.3 Å². The molecule has 0 radical (unpaired) electrons.